The summed E-state index contributed by atoms with van der Waals surface area (Å²) in [4.78, 5) is 12.7. The average molecular weight is 355 g/mol. The Bertz CT molecular complexity index is 1000. The number of nitrogens with one attached hydrogen (secondary N) is 1. The quantitative estimate of drug-likeness (QED) is 0.768. The monoisotopic (exact) mass is 355 g/mol. The fourth-order valence-electron chi connectivity index (χ4n) is 2.76. The standard InChI is InChI=1S/C19H15F2N3O2/c1-11(14-6-5-13(20)9-16(14)21)23-18(25)17-12(2)26-19(15(17)10-22)24-7-3-4-8-24/h3-9,11H,1-2H3,(H,23,25)/t11-/m1/s1. The third kappa shape index (κ3) is 3.09. The number of nitrogens with zero attached hydrogens (tertiary/aromatic N) is 2. The van der Waals surface area contributed by atoms with Gasteiger partial charge in [-0.2, -0.15) is 5.26 Å². The lowest BCUT2D eigenvalue weighted by Crippen LogP contribution is -2.28. The number of amides is 1. The SMILES string of the molecule is Cc1oc(-n2cccc2)c(C#N)c1C(=O)N[C@H](C)c1ccc(F)cc1F. The zero-order valence-corrected chi connectivity index (χ0v) is 14.1. The summed E-state index contributed by atoms with van der Waals surface area (Å²) in [5.74, 6) is -1.51. The topological polar surface area (TPSA) is 71.0 Å². The summed E-state index contributed by atoms with van der Waals surface area (Å²) in [6, 6.07) is 7.94. The molecule has 5 nitrogen and oxygen atoms in total. The van der Waals surface area contributed by atoms with Crippen molar-refractivity contribution in [3.8, 4) is 12.0 Å². The Morgan fingerprint density at radius 2 is 2.00 bits per heavy atom. The fraction of sp³-hybridized carbons (Fsp3) is 0.158. The minimum Gasteiger partial charge on any atom is -0.443 e. The molecule has 3 aromatic rings. The maximum absolute atomic E-state index is 13.9. The third-order valence-corrected chi connectivity index (χ3v) is 4.02. The van der Waals surface area contributed by atoms with Gasteiger partial charge >= 0.3 is 0 Å². The summed E-state index contributed by atoms with van der Waals surface area (Å²) in [5, 5.41) is 12.1. The molecule has 1 N–H and O–H groups in total. The molecule has 26 heavy (non-hydrogen) atoms. The van der Waals surface area contributed by atoms with Crippen molar-refractivity contribution in [2.75, 3.05) is 0 Å². The number of nitriles is 1. The van der Waals surface area contributed by atoms with Gasteiger partial charge in [-0.15, -0.1) is 0 Å². The first-order valence-corrected chi connectivity index (χ1v) is 7.85. The number of rotatable bonds is 4. The van der Waals surface area contributed by atoms with E-state index in [0.29, 0.717) is 0 Å². The molecule has 0 aliphatic heterocycles. The van der Waals surface area contributed by atoms with Gasteiger partial charge in [0.1, 0.15) is 34.6 Å². The molecule has 0 saturated carbocycles. The smallest absolute Gasteiger partial charge is 0.256 e. The summed E-state index contributed by atoms with van der Waals surface area (Å²) in [7, 11) is 0. The normalized spacial score (nSPS) is 11.8. The number of hydrogen-bond acceptors (Lipinski definition) is 3. The largest absolute Gasteiger partial charge is 0.443 e. The molecule has 2 heterocycles. The van der Waals surface area contributed by atoms with Gasteiger partial charge in [0.2, 0.25) is 5.88 Å². The van der Waals surface area contributed by atoms with Crippen LogP contribution in [0, 0.1) is 29.9 Å². The molecule has 3 rings (SSSR count). The molecular formula is C19H15F2N3O2. The maximum atomic E-state index is 13.9. The van der Waals surface area contributed by atoms with Gasteiger partial charge < -0.3 is 9.73 Å². The van der Waals surface area contributed by atoms with E-state index in [1.807, 2.05) is 6.07 Å². The lowest BCUT2D eigenvalue weighted by molar-refractivity contribution is 0.0937. The lowest BCUT2D eigenvalue weighted by Gasteiger charge is -2.15. The van der Waals surface area contributed by atoms with Crippen molar-refractivity contribution >= 4 is 5.91 Å². The lowest BCUT2D eigenvalue weighted by atomic mass is 10.1. The third-order valence-electron chi connectivity index (χ3n) is 4.02. The molecule has 1 amide bonds. The summed E-state index contributed by atoms with van der Waals surface area (Å²) < 4.78 is 34.1. The molecule has 7 heteroatoms. The van der Waals surface area contributed by atoms with E-state index >= 15 is 0 Å². The van der Waals surface area contributed by atoms with Crippen LogP contribution in [-0.2, 0) is 0 Å². The van der Waals surface area contributed by atoms with Crippen LogP contribution in [0.25, 0.3) is 5.88 Å². The van der Waals surface area contributed by atoms with Crippen LogP contribution in [-0.4, -0.2) is 10.5 Å². The summed E-state index contributed by atoms with van der Waals surface area (Å²) in [6.07, 6.45) is 3.38. The van der Waals surface area contributed by atoms with Crippen molar-refractivity contribution in [3.05, 3.63) is 76.8 Å². The number of carbonyl (C=O) groups excluding carboxylic acids is 1. The summed E-state index contributed by atoms with van der Waals surface area (Å²) >= 11 is 0. The van der Waals surface area contributed by atoms with E-state index in [1.165, 1.54) is 6.07 Å². The molecular weight excluding hydrogens is 340 g/mol. The molecule has 1 atom stereocenters. The number of aryl methyl sites for hydroxylation is 1. The van der Waals surface area contributed by atoms with Crippen molar-refractivity contribution in [3.63, 3.8) is 0 Å². The molecule has 0 aliphatic carbocycles. The second-order valence-electron chi connectivity index (χ2n) is 5.78. The number of aromatic nitrogens is 1. The van der Waals surface area contributed by atoms with Gasteiger partial charge in [-0.1, -0.05) is 6.07 Å². The van der Waals surface area contributed by atoms with E-state index in [0.717, 1.165) is 12.1 Å². The molecule has 2 aromatic heterocycles. The Morgan fingerprint density at radius 1 is 1.31 bits per heavy atom. The molecule has 0 aliphatic rings. The van der Waals surface area contributed by atoms with Gasteiger partial charge in [-0.3, -0.25) is 9.36 Å². The predicted molar refractivity (Wildman–Crippen MR) is 89.7 cm³/mol. The van der Waals surface area contributed by atoms with Crippen LogP contribution in [0.1, 0.15) is 40.2 Å². The van der Waals surface area contributed by atoms with Crippen molar-refractivity contribution in [2.24, 2.45) is 0 Å². The van der Waals surface area contributed by atoms with Gasteiger partial charge in [0.05, 0.1) is 6.04 Å². The maximum Gasteiger partial charge on any atom is 0.256 e. The van der Waals surface area contributed by atoms with Gasteiger partial charge in [0.25, 0.3) is 5.91 Å². The minimum absolute atomic E-state index is 0.0861. The molecule has 0 fully saturated rings. The first-order chi connectivity index (χ1) is 12.4. The first-order valence-electron chi connectivity index (χ1n) is 7.85. The number of benzene rings is 1. The van der Waals surface area contributed by atoms with Crippen LogP contribution in [0.2, 0.25) is 0 Å². The number of furan rings is 1. The highest BCUT2D eigenvalue weighted by molar-refractivity contribution is 5.98. The van der Waals surface area contributed by atoms with E-state index in [1.54, 1.807) is 42.9 Å². The molecule has 0 bridgehead atoms. The van der Waals surface area contributed by atoms with Crippen LogP contribution in [0.5, 0.6) is 0 Å². The number of carbonyl (C=O) groups is 1. The molecule has 0 unspecified atom stereocenters. The Kier molecular flexibility index (Phi) is 4.59. The van der Waals surface area contributed by atoms with Crippen molar-refractivity contribution < 1.29 is 18.0 Å². The van der Waals surface area contributed by atoms with E-state index < -0.39 is 23.6 Å². The van der Waals surface area contributed by atoms with Gasteiger partial charge in [-0.05, 0) is 32.0 Å². The van der Waals surface area contributed by atoms with Crippen LogP contribution in [0.15, 0.2) is 47.1 Å². The van der Waals surface area contributed by atoms with E-state index in [2.05, 4.69) is 5.32 Å². The van der Waals surface area contributed by atoms with Gasteiger partial charge in [0.15, 0.2) is 0 Å². The fourth-order valence-corrected chi connectivity index (χ4v) is 2.76. The Morgan fingerprint density at radius 3 is 2.62 bits per heavy atom. The van der Waals surface area contributed by atoms with Crippen LogP contribution < -0.4 is 5.32 Å². The van der Waals surface area contributed by atoms with Crippen molar-refractivity contribution in [1.29, 1.82) is 5.26 Å². The second-order valence-corrected chi connectivity index (χ2v) is 5.78. The van der Waals surface area contributed by atoms with Crippen molar-refractivity contribution in [1.82, 2.24) is 9.88 Å². The molecule has 0 saturated heterocycles. The van der Waals surface area contributed by atoms with E-state index in [4.69, 9.17) is 4.42 Å². The molecule has 0 radical (unpaired) electrons. The number of halogens is 2. The molecule has 0 spiro atoms. The summed E-state index contributed by atoms with van der Waals surface area (Å²) in [6.45, 7) is 3.15. The highest BCUT2D eigenvalue weighted by Gasteiger charge is 2.26. The molecule has 1 aromatic carbocycles. The predicted octanol–water partition coefficient (Wildman–Crippen LogP) is 4.02. The Labute approximate surface area is 148 Å². The second kappa shape index (κ2) is 6.84. The minimum atomic E-state index is -0.754. The van der Waals surface area contributed by atoms with E-state index in [9.17, 15) is 18.8 Å². The average Bonchev–Trinajstić information content (AvgIpc) is 3.21. The van der Waals surface area contributed by atoms with Gasteiger partial charge in [0, 0.05) is 24.0 Å². The zero-order chi connectivity index (χ0) is 18.8. The Balaban J connectivity index is 1.92. The Hall–Kier alpha value is -3.40. The highest BCUT2D eigenvalue weighted by atomic mass is 19.1. The van der Waals surface area contributed by atoms with Crippen LogP contribution >= 0.6 is 0 Å². The first kappa shape index (κ1) is 17.4. The van der Waals surface area contributed by atoms with Crippen LogP contribution in [0.4, 0.5) is 8.78 Å². The highest BCUT2D eigenvalue weighted by Crippen LogP contribution is 2.26. The van der Waals surface area contributed by atoms with Gasteiger partial charge in [-0.25, -0.2) is 8.78 Å². The van der Waals surface area contributed by atoms with Crippen LogP contribution in [0.3, 0.4) is 0 Å². The van der Waals surface area contributed by atoms with Crippen molar-refractivity contribution in [2.45, 2.75) is 19.9 Å². The summed E-state index contributed by atoms with van der Waals surface area (Å²) in [5.41, 5.74) is 0.318. The number of hydrogen-bond donors (Lipinski definition) is 1. The molecule has 132 valence electrons. The zero-order valence-electron chi connectivity index (χ0n) is 14.1. The van der Waals surface area contributed by atoms with E-state index in [-0.39, 0.29) is 28.3 Å².